The highest BCUT2D eigenvalue weighted by atomic mass is 16.6. The molecule has 15 atom stereocenters. The van der Waals surface area contributed by atoms with E-state index in [1.54, 1.807) is 39.8 Å². The zero-order valence-corrected chi connectivity index (χ0v) is 36.8. The Morgan fingerprint density at radius 2 is 1.55 bits per heavy atom. The van der Waals surface area contributed by atoms with Crippen molar-refractivity contribution in [1.82, 2.24) is 4.90 Å². The average molecular weight is 844 g/mol. The number of carbonyl (C=O) groups excluding carboxylic acids is 4. The molecule has 2 saturated heterocycles. The molecule has 0 aromatic rings. The Balaban J connectivity index is 1.62. The van der Waals surface area contributed by atoms with Gasteiger partial charge in [0.2, 0.25) is 5.91 Å². The Labute approximate surface area is 356 Å². The highest BCUT2D eigenvalue weighted by Gasteiger charge is 2.47. The second-order valence-corrected chi connectivity index (χ2v) is 18.7. The van der Waals surface area contributed by atoms with Gasteiger partial charge in [0, 0.05) is 37.1 Å². The summed E-state index contributed by atoms with van der Waals surface area (Å²) in [4.78, 5) is 56.5. The lowest BCUT2D eigenvalue weighted by atomic mass is 9.78. The Morgan fingerprint density at radius 1 is 0.833 bits per heavy atom. The van der Waals surface area contributed by atoms with E-state index in [9.17, 15) is 49.8 Å². The minimum atomic E-state index is -1.81. The summed E-state index contributed by atoms with van der Waals surface area (Å²) >= 11 is 0. The van der Waals surface area contributed by atoms with E-state index in [0.717, 1.165) is 0 Å². The minimum absolute atomic E-state index is 0.0152. The van der Waals surface area contributed by atoms with Crippen molar-refractivity contribution in [3.63, 3.8) is 0 Å². The van der Waals surface area contributed by atoms with Gasteiger partial charge in [0.1, 0.15) is 30.1 Å². The molecule has 4 aliphatic rings. The molecular weight excluding hydrogens is 771 g/mol. The smallest absolute Gasteiger partial charge is 0.329 e. The highest BCUT2D eigenvalue weighted by Crippen LogP contribution is 2.38. The fourth-order valence-corrected chi connectivity index (χ4v) is 9.32. The number of aliphatic hydroxyl groups is 6. The predicted molar refractivity (Wildman–Crippen MR) is 226 cm³/mol. The van der Waals surface area contributed by atoms with Crippen LogP contribution in [0.3, 0.4) is 0 Å². The van der Waals surface area contributed by atoms with Crippen LogP contribution in [0.1, 0.15) is 126 Å². The van der Waals surface area contributed by atoms with Gasteiger partial charge in [-0.1, -0.05) is 71.1 Å². The molecule has 60 heavy (non-hydrogen) atoms. The number of amides is 1. The molecule has 4 rings (SSSR count). The molecule has 3 fully saturated rings. The number of cyclic esters (lactones) is 1. The summed E-state index contributed by atoms with van der Waals surface area (Å²) in [5, 5.41) is 65.3. The zero-order chi connectivity index (χ0) is 44.5. The fraction of sp³-hybridized carbons (Fsp3) is 0.745. The van der Waals surface area contributed by atoms with Gasteiger partial charge in [-0.05, 0) is 101 Å². The van der Waals surface area contributed by atoms with E-state index in [-0.39, 0.29) is 60.8 Å². The molecule has 3 aliphatic heterocycles. The van der Waals surface area contributed by atoms with E-state index >= 15 is 0 Å². The lowest BCUT2D eigenvalue weighted by molar-refractivity contribution is -0.283. The summed E-state index contributed by atoms with van der Waals surface area (Å²) in [6.07, 6.45) is 7.53. The molecule has 2 bridgehead atoms. The molecule has 1 aliphatic carbocycles. The molecular formula is C47H73NO12. The van der Waals surface area contributed by atoms with Gasteiger partial charge in [-0.25, -0.2) is 4.79 Å². The van der Waals surface area contributed by atoms with Crippen LogP contribution in [-0.4, -0.2) is 120 Å². The number of allylic oxidation sites excluding steroid dienone is 6. The van der Waals surface area contributed by atoms with Gasteiger partial charge in [0.25, 0.3) is 0 Å². The summed E-state index contributed by atoms with van der Waals surface area (Å²) in [7, 11) is 0. The number of Topliss-reactive ketones (excluding diaryl/α,β-unsaturated/α-hetero) is 2. The average Bonchev–Trinajstić information content (AvgIpc) is 3.69. The standard InChI is InChI=1S/C47H73NO12/c1-27-12-9-8-10-13-28(2)38(50)24-35-17-15-33(7)47(58,60-35)26-42(53)48-19-11-14-36(48)46(57)59-41(30(4)22-34-16-18-37(49)40(52)23-34)25-39(51)29(3)21-32(6)44(55)45(56)43(54)31(5)20-27/h8-10,12-13,21,27,29-31,33-38,40-41,44-45,49-50,52,55-56,58H,11,14-20,22-26H2,1-7H3/b10-8+,12-9-,28-13+,32-21-/t27-,29-,30-,31-,33-,34?,35+,36+,37+,38+,40+,41+,44-,45+,47+/m1/s1. The first kappa shape index (κ1) is 49.6. The molecule has 1 amide bonds. The number of ketones is 2. The third kappa shape index (κ3) is 13.5. The Hall–Kier alpha value is -3.04. The Morgan fingerprint density at radius 3 is 2.25 bits per heavy atom. The van der Waals surface area contributed by atoms with Crippen LogP contribution in [0.4, 0.5) is 0 Å². The fourth-order valence-electron chi connectivity index (χ4n) is 9.32. The summed E-state index contributed by atoms with van der Waals surface area (Å²) in [5.41, 5.74) is 0.937. The maximum absolute atomic E-state index is 14.1. The SMILES string of the molecule is C/C1=C/[C@@H](C)C(=O)C[C@@H]([C@H](C)CC2CC[C@H](O)[C@@H](O)C2)OC(=O)[C@@H]2CCCN2C(=O)C[C@]2(O)O[C@@H](CC[C@H]2C)C[C@H](O)/C(C)=C/C=C/C=C\[C@@H](C)C[C@@H](C)C(=O)[C@H](O)[C@@H]1O. The van der Waals surface area contributed by atoms with Crippen LogP contribution >= 0.6 is 0 Å². The first-order chi connectivity index (χ1) is 28.2. The van der Waals surface area contributed by atoms with E-state index in [1.165, 1.54) is 11.0 Å². The number of esters is 1. The zero-order valence-electron chi connectivity index (χ0n) is 36.8. The van der Waals surface area contributed by atoms with Gasteiger partial charge in [0.05, 0.1) is 30.8 Å². The van der Waals surface area contributed by atoms with Crippen molar-refractivity contribution in [2.24, 2.45) is 35.5 Å². The highest BCUT2D eigenvalue weighted by molar-refractivity contribution is 5.87. The molecule has 1 unspecified atom stereocenters. The molecule has 0 aromatic carbocycles. The number of hydrogen-bond acceptors (Lipinski definition) is 12. The second kappa shape index (κ2) is 22.4. The number of nitrogens with zero attached hydrogens (tertiary/aromatic N) is 1. The minimum Gasteiger partial charge on any atom is -0.460 e. The molecule has 13 heteroatoms. The monoisotopic (exact) mass is 844 g/mol. The first-order valence-corrected chi connectivity index (χ1v) is 22.3. The molecule has 0 radical (unpaired) electrons. The van der Waals surface area contributed by atoms with Crippen molar-refractivity contribution < 1.29 is 59.3 Å². The van der Waals surface area contributed by atoms with E-state index in [2.05, 4.69) is 0 Å². The Kier molecular flexibility index (Phi) is 18.5. The predicted octanol–water partition coefficient (Wildman–Crippen LogP) is 4.65. The third-order valence-electron chi connectivity index (χ3n) is 13.5. The second-order valence-electron chi connectivity index (χ2n) is 18.7. The molecule has 6 N–H and O–H groups in total. The summed E-state index contributed by atoms with van der Waals surface area (Å²) in [6.45, 7) is 12.6. The molecule has 0 spiro atoms. The van der Waals surface area contributed by atoms with Crippen molar-refractivity contribution in [3.8, 4) is 0 Å². The number of rotatable bonds is 3. The largest absolute Gasteiger partial charge is 0.460 e. The quantitative estimate of drug-likeness (QED) is 0.170. The van der Waals surface area contributed by atoms with Crippen molar-refractivity contribution in [2.45, 2.75) is 180 Å². The lowest BCUT2D eigenvalue weighted by Crippen LogP contribution is -2.52. The number of hydrogen-bond donors (Lipinski definition) is 6. The number of ether oxygens (including phenoxy) is 2. The molecule has 13 nitrogen and oxygen atoms in total. The van der Waals surface area contributed by atoms with Crippen LogP contribution in [0.2, 0.25) is 0 Å². The van der Waals surface area contributed by atoms with Crippen molar-refractivity contribution in [1.29, 1.82) is 0 Å². The van der Waals surface area contributed by atoms with E-state index in [0.29, 0.717) is 63.4 Å². The molecule has 0 aromatic heterocycles. The van der Waals surface area contributed by atoms with Crippen LogP contribution in [-0.2, 0) is 28.7 Å². The Bertz CT molecular complexity index is 1610. The number of carbonyl (C=O) groups is 4. The van der Waals surface area contributed by atoms with Gasteiger partial charge in [0.15, 0.2) is 11.6 Å². The summed E-state index contributed by atoms with van der Waals surface area (Å²) < 4.78 is 12.4. The van der Waals surface area contributed by atoms with Crippen LogP contribution < -0.4 is 0 Å². The van der Waals surface area contributed by atoms with Crippen LogP contribution in [0.25, 0.3) is 0 Å². The third-order valence-corrected chi connectivity index (χ3v) is 13.5. The van der Waals surface area contributed by atoms with E-state index in [4.69, 9.17) is 9.47 Å². The number of fused-ring (bicyclic) bond motifs is 3. The number of aliphatic hydroxyl groups excluding tert-OH is 5. The molecule has 3 heterocycles. The van der Waals surface area contributed by atoms with Crippen molar-refractivity contribution in [2.75, 3.05) is 6.54 Å². The van der Waals surface area contributed by atoms with Crippen LogP contribution in [0.15, 0.2) is 47.6 Å². The maximum Gasteiger partial charge on any atom is 0.329 e. The van der Waals surface area contributed by atoms with E-state index in [1.807, 2.05) is 39.0 Å². The van der Waals surface area contributed by atoms with Gasteiger partial charge in [-0.15, -0.1) is 0 Å². The topological polar surface area (TPSA) is 211 Å². The maximum atomic E-state index is 14.1. The van der Waals surface area contributed by atoms with Crippen molar-refractivity contribution >= 4 is 23.4 Å². The normalized spacial score (nSPS) is 42.5. The van der Waals surface area contributed by atoms with Gasteiger partial charge in [-0.2, -0.15) is 0 Å². The molecule has 338 valence electrons. The van der Waals surface area contributed by atoms with E-state index < -0.39 is 84.1 Å². The van der Waals surface area contributed by atoms with Gasteiger partial charge < -0.3 is 45.0 Å². The summed E-state index contributed by atoms with van der Waals surface area (Å²) in [5.74, 6) is -5.86. The van der Waals surface area contributed by atoms with Gasteiger partial charge in [-0.3, -0.25) is 14.4 Å². The van der Waals surface area contributed by atoms with Crippen LogP contribution in [0.5, 0.6) is 0 Å². The summed E-state index contributed by atoms with van der Waals surface area (Å²) in [6, 6.07) is -0.945. The first-order valence-electron chi connectivity index (χ1n) is 22.3. The lowest BCUT2D eigenvalue weighted by Gasteiger charge is -2.43. The van der Waals surface area contributed by atoms with Crippen molar-refractivity contribution in [3.05, 3.63) is 47.6 Å². The van der Waals surface area contributed by atoms with Gasteiger partial charge >= 0.3 is 5.97 Å². The van der Waals surface area contributed by atoms with Crippen LogP contribution in [0, 0.1) is 35.5 Å². The molecule has 1 saturated carbocycles.